The lowest BCUT2D eigenvalue weighted by molar-refractivity contribution is -0.0374. The Labute approximate surface area is 211 Å². The summed E-state index contributed by atoms with van der Waals surface area (Å²) in [6.07, 6.45) is 2.88. The maximum Gasteiger partial charge on any atom is 0.257 e. The Morgan fingerprint density at radius 2 is 2.06 bits per heavy atom. The third kappa shape index (κ3) is 6.70. The number of hydrogen-bond donors (Lipinski definition) is 3. The fourth-order valence-corrected chi connectivity index (χ4v) is 4.78. The summed E-state index contributed by atoms with van der Waals surface area (Å²) >= 11 is 0. The van der Waals surface area contributed by atoms with Crippen molar-refractivity contribution in [1.29, 1.82) is 0 Å². The lowest BCUT2D eigenvalue weighted by atomic mass is 9.88. The summed E-state index contributed by atoms with van der Waals surface area (Å²) in [5.41, 5.74) is 3.53. The van der Waals surface area contributed by atoms with E-state index in [2.05, 4.69) is 33.3 Å². The van der Waals surface area contributed by atoms with Crippen molar-refractivity contribution in [2.75, 3.05) is 47.0 Å². The SMILES string of the molecule is C=C(/C(=C\C(=N/C)NCCNCCCF)OC)[C@@H]1c2[nH]c3ccccc3c2C[C@@H](C)N1CC(C)(F)F. The fourth-order valence-electron chi connectivity index (χ4n) is 4.78. The van der Waals surface area contributed by atoms with Crippen LogP contribution in [0, 0.1) is 0 Å². The molecule has 0 saturated carbocycles. The molecule has 0 fully saturated rings. The smallest absolute Gasteiger partial charge is 0.257 e. The number of nitrogens with one attached hydrogen (secondary N) is 3. The second-order valence-corrected chi connectivity index (χ2v) is 9.33. The predicted molar refractivity (Wildman–Crippen MR) is 141 cm³/mol. The minimum atomic E-state index is -2.87. The third-order valence-corrected chi connectivity index (χ3v) is 6.45. The number of H-pyrrole nitrogens is 1. The molecule has 6 nitrogen and oxygen atoms in total. The van der Waals surface area contributed by atoms with E-state index in [4.69, 9.17) is 4.74 Å². The van der Waals surface area contributed by atoms with Crippen LogP contribution in [0.4, 0.5) is 13.2 Å². The van der Waals surface area contributed by atoms with Gasteiger partial charge >= 0.3 is 0 Å². The number of para-hydroxylation sites is 1. The van der Waals surface area contributed by atoms with Crippen molar-refractivity contribution in [3.05, 3.63) is 59.5 Å². The van der Waals surface area contributed by atoms with E-state index in [-0.39, 0.29) is 12.7 Å². The standard InChI is InChI=1S/C27H38F3N5O/c1-18-15-21-20-9-6-7-10-22(20)34-25(21)26(35(18)17-27(3,29)30)19(2)23(36-5)16-24(31-4)33-14-13-32-12-8-11-28/h6-7,9-10,16,18,26,32,34H,2,8,11-15,17H2,1,3-5H3,(H,31,33)/b23-16+/t18-,26-/m1/s1. The van der Waals surface area contributed by atoms with Gasteiger partial charge in [0.1, 0.15) is 11.6 Å². The van der Waals surface area contributed by atoms with E-state index in [1.807, 2.05) is 25.1 Å². The quantitative estimate of drug-likeness (QED) is 0.128. The van der Waals surface area contributed by atoms with Crippen LogP contribution in [0.3, 0.4) is 0 Å². The second kappa shape index (κ2) is 12.5. The van der Waals surface area contributed by atoms with Gasteiger partial charge in [-0.1, -0.05) is 24.8 Å². The lowest BCUT2D eigenvalue weighted by Gasteiger charge is -2.42. The highest BCUT2D eigenvalue weighted by molar-refractivity contribution is 5.94. The van der Waals surface area contributed by atoms with Gasteiger partial charge in [-0.3, -0.25) is 14.3 Å². The van der Waals surface area contributed by atoms with Gasteiger partial charge in [-0.25, -0.2) is 8.78 Å². The first kappa shape index (κ1) is 27.8. The lowest BCUT2D eigenvalue weighted by Crippen LogP contribution is -2.47. The summed E-state index contributed by atoms with van der Waals surface area (Å²) in [5.74, 6) is -1.84. The summed E-state index contributed by atoms with van der Waals surface area (Å²) < 4.78 is 46.6. The van der Waals surface area contributed by atoms with Crippen LogP contribution >= 0.6 is 0 Å². The van der Waals surface area contributed by atoms with Gasteiger partial charge in [-0.2, -0.15) is 0 Å². The number of alkyl halides is 3. The Hall–Kier alpha value is -2.78. The Balaban J connectivity index is 1.92. The molecule has 3 rings (SSSR count). The highest BCUT2D eigenvalue weighted by Crippen LogP contribution is 2.43. The van der Waals surface area contributed by atoms with Crippen molar-refractivity contribution in [2.24, 2.45) is 4.99 Å². The summed E-state index contributed by atoms with van der Waals surface area (Å²) in [6.45, 7) is 8.33. The largest absolute Gasteiger partial charge is 0.496 e. The maximum atomic E-state index is 14.3. The van der Waals surface area contributed by atoms with E-state index in [1.54, 1.807) is 25.1 Å². The zero-order valence-electron chi connectivity index (χ0n) is 21.6. The van der Waals surface area contributed by atoms with E-state index in [0.717, 1.165) is 29.1 Å². The number of aromatic amines is 1. The molecule has 0 bridgehead atoms. The highest BCUT2D eigenvalue weighted by atomic mass is 19.3. The average Bonchev–Trinajstić information content (AvgIpc) is 3.20. The molecule has 2 atom stereocenters. The number of aromatic nitrogens is 1. The monoisotopic (exact) mass is 505 g/mol. The second-order valence-electron chi connectivity index (χ2n) is 9.33. The zero-order valence-corrected chi connectivity index (χ0v) is 21.6. The van der Waals surface area contributed by atoms with Crippen LogP contribution in [0.1, 0.15) is 37.6 Å². The van der Waals surface area contributed by atoms with E-state index < -0.39 is 18.5 Å². The van der Waals surface area contributed by atoms with Gasteiger partial charge in [0, 0.05) is 61.3 Å². The molecule has 198 valence electrons. The molecule has 0 aliphatic carbocycles. The molecule has 0 spiro atoms. The topological polar surface area (TPSA) is 64.7 Å². The minimum Gasteiger partial charge on any atom is -0.496 e. The summed E-state index contributed by atoms with van der Waals surface area (Å²) in [4.78, 5) is 9.57. The molecule has 1 aromatic heterocycles. The van der Waals surface area contributed by atoms with Gasteiger partial charge in [0.05, 0.1) is 26.4 Å². The average molecular weight is 506 g/mol. The molecular weight excluding hydrogens is 467 g/mol. The van der Waals surface area contributed by atoms with Crippen molar-refractivity contribution < 1.29 is 17.9 Å². The van der Waals surface area contributed by atoms with Gasteiger partial charge in [0.2, 0.25) is 0 Å². The summed E-state index contributed by atoms with van der Waals surface area (Å²) in [6, 6.07) is 7.35. The number of halogens is 3. The molecule has 3 N–H and O–H groups in total. The molecule has 9 heteroatoms. The third-order valence-electron chi connectivity index (χ3n) is 6.45. The number of amidine groups is 1. The number of aliphatic imine (C=N–C) groups is 1. The first-order valence-electron chi connectivity index (χ1n) is 12.4. The summed E-state index contributed by atoms with van der Waals surface area (Å²) in [7, 11) is 3.20. The van der Waals surface area contributed by atoms with Gasteiger partial charge < -0.3 is 20.4 Å². The van der Waals surface area contributed by atoms with E-state index >= 15 is 0 Å². The van der Waals surface area contributed by atoms with Crippen LogP contribution in [0.25, 0.3) is 10.9 Å². The molecule has 36 heavy (non-hydrogen) atoms. The minimum absolute atomic E-state index is 0.129. The van der Waals surface area contributed by atoms with E-state index in [1.165, 1.54) is 0 Å². The summed E-state index contributed by atoms with van der Waals surface area (Å²) in [5, 5.41) is 7.48. The van der Waals surface area contributed by atoms with Gasteiger partial charge in [0.25, 0.3) is 5.92 Å². The van der Waals surface area contributed by atoms with Crippen LogP contribution in [-0.4, -0.2) is 74.7 Å². The van der Waals surface area contributed by atoms with Crippen molar-refractivity contribution >= 4 is 16.7 Å². The number of methoxy groups -OCH3 is 1. The van der Waals surface area contributed by atoms with Crippen LogP contribution in [-0.2, 0) is 11.2 Å². The number of hydrogen-bond acceptors (Lipinski definition) is 4. The Kier molecular flexibility index (Phi) is 9.62. The Morgan fingerprint density at radius 3 is 2.72 bits per heavy atom. The van der Waals surface area contributed by atoms with Crippen LogP contribution in [0.15, 0.2) is 53.2 Å². The Morgan fingerprint density at radius 1 is 1.31 bits per heavy atom. The number of fused-ring (bicyclic) bond motifs is 3. The molecule has 0 saturated heterocycles. The van der Waals surface area contributed by atoms with Crippen molar-refractivity contribution in [1.82, 2.24) is 20.5 Å². The van der Waals surface area contributed by atoms with E-state index in [0.29, 0.717) is 49.6 Å². The van der Waals surface area contributed by atoms with Crippen molar-refractivity contribution in [3.63, 3.8) is 0 Å². The molecule has 1 aliphatic rings. The molecule has 0 radical (unpaired) electrons. The van der Waals surface area contributed by atoms with Gasteiger partial charge in [-0.15, -0.1) is 0 Å². The Bertz CT molecular complexity index is 1090. The fraction of sp³-hybridized carbons (Fsp3) is 0.519. The van der Waals surface area contributed by atoms with E-state index in [9.17, 15) is 13.2 Å². The normalized spacial score (nSPS) is 19.4. The molecule has 1 aliphatic heterocycles. The number of ether oxygens (including phenoxy) is 1. The molecular formula is C27H38F3N5O. The van der Waals surface area contributed by atoms with Gasteiger partial charge in [0.15, 0.2) is 0 Å². The number of nitrogens with zero attached hydrogens (tertiary/aromatic N) is 2. The maximum absolute atomic E-state index is 14.3. The molecule has 2 aromatic rings. The predicted octanol–water partition coefficient (Wildman–Crippen LogP) is 4.76. The highest BCUT2D eigenvalue weighted by Gasteiger charge is 2.41. The first-order valence-corrected chi connectivity index (χ1v) is 12.4. The van der Waals surface area contributed by atoms with Crippen molar-refractivity contribution in [2.45, 2.75) is 44.7 Å². The molecule has 0 unspecified atom stereocenters. The zero-order chi connectivity index (χ0) is 26.3. The molecule has 0 amide bonds. The first-order chi connectivity index (χ1) is 17.2. The van der Waals surface area contributed by atoms with Crippen LogP contribution in [0.2, 0.25) is 0 Å². The van der Waals surface area contributed by atoms with Crippen LogP contribution in [0.5, 0.6) is 0 Å². The van der Waals surface area contributed by atoms with Gasteiger partial charge in [-0.05, 0) is 37.9 Å². The van der Waals surface area contributed by atoms with Crippen LogP contribution < -0.4 is 10.6 Å². The number of benzene rings is 1. The number of rotatable bonds is 12. The van der Waals surface area contributed by atoms with Crippen molar-refractivity contribution in [3.8, 4) is 0 Å². The molecule has 1 aromatic carbocycles. The molecule has 2 heterocycles.